The van der Waals surface area contributed by atoms with Gasteiger partial charge in [0.1, 0.15) is 0 Å². The molecule has 0 saturated carbocycles. The number of amides is 1. The largest absolute Gasteiger partial charge is 0.350 e. The number of nitrogens with one attached hydrogen (secondary N) is 1. The Morgan fingerprint density at radius 3 is 2.60 bits per heavy atom. The maximum atomic E-state index is 12.0. The highest BCUT2D eigenvalue weighted by Crippen LogP contribution is 2.21. The zero-order valence-electron chi connectivity index (χ0n) is 12.7. The average Bonchev–Trinajstić information content (AvgIpc) is 2.25. The Morgan fingerprint density at radius 1 is 1.40 bits per heavy atom. The molecule has 0 spiro atoms. The molecule has 0 bridgehead atoms. The summed E-state index contributed by atoms with van der Waals surface area (Å²) in [5.41, 5.74) is 7.15. The Balaban J connectivity index is 2.50. The molecule has 0 radical (unpaired) electrons. The Hall–Kier alpha value is -1.06. The number of hydrogen-bond donors (Lipinski definition) is 2. The van der Waals surface area contributed by atoms with Crippen molar-refractivity contribution in [1.82, 2.24) is 5.32 Å². The normalized spacial score (nSPS) is 14.7. The maximum absolute atomic E-state index is 12.0. The first-order chi connectivity index (χ1) is 9.17. The lowest BCUT2D eigenvalue weighted by Crippen LogP contribution is -2.35. The molecule has 1 aromatic rings. The van der Waals surface area contributed by atoms with E-state index in [4.69, 9.17) is 17.3 Å². The lowest BCUT2D eigenvalue weighted by molar-refractivity contribution is -0.122. The van der Waals surface area contributed by atoms with E-state index in [0.29, 0.717) is 11.4 Å². The van der Waals surface area contributed by atoms with E-state index in [1.165, 1.54) is 0 Å². The van der Waals surface area contributed by atoms with Crippen LogP contribution in [0.2, 0.25) is 5.02 Å². The summed E-state index contributed by atoms with van der Waals surface area (Å²) in [6, 6.07) is 7.34. The number of halogens is 1. The van der Waals surface area contributed by atoms with E-state index in [9.17, 15) is 4.79 Å². The van der Waals surface area contributed by atoms with Crippen LogP contribution in [-0.2, 0) is 4.79 Å². The number of hydrogen-bond acceptors (Lipinski definition) is 2. The van der Waals surface area contributed by atoms with Crippen LogP contribution in [0, 0.1) is 5.41 Å². The van der Waals surface area contributed by atoms with E-state index >= 15 is 0 Å². The zero-order chi connectivity index (χ0) is 15.3. The standard InChI is InChI=1S/C16H25ClN2O/c1-11(12-6-5-7-13(17)8-12)19-15(20)9-14(18)10-16(2,3)4/h5-8,11,14H,9-10,18H2,1-4H3,(H,19,20). The van der Waals surface area contributed by atoms with Crippen molar-refractivity contribution >= 4 is 17.5 Å². The van der Waals surface area contributed by atoms with Gasteiger partial charge in [-0.05, 0) is 36.5 Å². The van der Waals surface area contributed by atoms with Crippen LogP contribution in [0.3, 0.4) is 0 Å². The summed E-state index contributed by atoms with van der Waals surface area (Å²) < 4.78 is 0. The topological polar surface area (TPSA) is 55.1 Å². The second kappa shape index (κ2) is 7.09. The second-order valence-corrected chi connectivity index (χ2v) is 7.01. The summed E-state index contributed by atoms with van der Waals surface area (Å²) in [6.45, 7) is 8.32. The lowest BCUT2D eigenvalue weighted by atomic mass is 9.87. The molecule has 3 N–H and O–H groups in total. The van der Waals surface area contributed by atoms with Gasteiger partial charge in [0.25, 0.3) is 0 Å². The smallest absolute Gasteiger partial charge is 0.222 e. The molecule has 2 unspecified atom stereocenters. The minimum absolute atomic E-state index is 0.0192. The van der Waals surface area contributed by atoms with Gasteiger partial charge in [-0.3, -0.25) is 4.79 Å². The summed E-state index contributed by atoms with van der Waals surface area (Å²) in [4.78, 5) is 12.0. The predicted octanol–water partition coefficient (Wildman–Crippen LogP) is 3.67. The molecule has 0 aliphatic rings. The first-order valence-corrected chi connectivity index (χ1v) is 7.35. The number of benzene rings is 1. The van der Waals surface area contributed by atoms with Gasteiger partial charge in [0, 0.05) is 17.5 Å². The third kappa shape index (κ3) is 6.40. The van der Waals surface area contributed by atoms with Crippen molar-refractivity contribution in [3.8, 4) is 0 Å². The fraction of sp³-hybridized carbons (Fsp3) is 0.562. The minimum Gasteiger partial charge on any atom is -0.350 e. The molecule has 0 aliphatic carbocycles. The van der Waals surface area contributed by atoms with E-state index in [1.54, 1.807) is 0 Å². The summed E-state index contributed by atoms with van der Waals surface area (Å²) in [5, 5.41) is 3.64. The van der Waals surface area contributed by atoms with Crippen LogP contribution in [0.25, 0.3) is 0 Å². The van der Waals surface area contributed by atoms with Crippen LogP contribution in [0.15, 0.2) is 24.3 Å². The fourth-order valence-electron chi connectivity index (χ4n) is 2.26. The SMILES string of the molecule is CC(NC(=O)CC(N)CC(C)(C)C)c1cccc(Cl)c1. The van der Waals surface area contributed by atoms with Crippen LogP contribution in [0.1, 0.15) is 52.1 Å². The van der Waals surface area contributed by atoms with Crippen molar-refractivity contribution in [2.45, 2.75) is 52.6 Å². The summed E-state index contributed by atoms with van der Waals surface area (Å²) >= 11 is 5.95. The van der Waals surface area contributed by atoms with Gasteiger partial charge >= 0.3 is 0 Å². The van der Waals surface area contributed by atoms with Crippen LogP contribution in [-0.4, -0.2) is 11.9 Å². The molecular weight excluding hydrogens is 272 g/mol. The molecule has 1 aromatic carbocycles. The second-order valence-electron chi connectivity index (χ2n) is 6.57. The van der Waals surface area contributed by atoms with Crippen molar-refractivity contribution in [2.75, 3.05) is 0 Å². The first-order valence-electron chi connectivity index (χ1n) is 6.98. The molecule has 0 aromatic heterocycles. The lowest BCUT2D eigenvalue weighted by Gasteiger charge is -2.23. The molecular formula is C16H25ClN2O. The van der Waals surface area contributed by atoms with Gasteiger partial charge in [-0.1, -0.05) is 44.5 Å². The van der Waals surface area contributed by atoms with Crippen molar-refractivity contribution in [3.63, 3.8) is 0 Å². The Bertz CT molecular complexity index is 454. The zero-order valence-corrected chi connectivity index (χ0v) is 13.5. The van der Waals surface area contributed by atoms with Gasteiger partial charge in [0.15, 0.2) is 0 Å². The van der Waals surface area contributed by atoms with Crippen LogP contribution >= 0.6 is 11.6 Å². The molecule has 0 heterocycles. The van der Waals surface area contributed by atoms with Crippen LogP contribution in [0.5, 0.6) is 0 Å². The molecule has 1 rings (SSSR count). The Kier molecular flexibility index (Phi) is 6.03. The average molecular weight is 297 g/mol. The van der Waals surface area contributed by atoms with Crippen LogP contribution < -0.4 is 11.1 Å². The van der Waals surface area contributed by atoms with Crippen molar-refractivity contribution in [3.05, 3.63) is 34.9 Å². The molecule has 4 heteroatoms. The van der Waals surface area contributed by atoms with Crippen molar-refractivity contribution < 1.29 is 4.79 Å². The Labute approximate surface area is 126 Å². The van der Waals surface area contributed by atoms with Crippen LogP contribution in [0.4, 0.5) is 0 Å². The highest BCUT2D eigenvalue weighted by molar-refractivity contribution is 6.30. The minimum atomic E-state index is -0.110. The monoisotopic (exact) mass is 296 g/mol. The fourth-order valence-corrected chi connectivity index (χ4v) is 2.46. The third-order valence-corrected chi connectivity index (χ3v) is 3.28. The van der Waals surface area contributed by atoms with Crippen molar-refractivity contribution in [1.29, 1.82) is 0 Å². The molecule has 20 heavy (non-hydrogen) atoms. The van der Waals surface area contributed by atoms with E-state index in [2.05, 4.69) is 26.1 Å². The van der Waals surface area contributed by atoms with Gasteiger partial charge in [-0.25, -0.2) is 0 Å². The highest BCUT2D eigenvalue weighted by Gasteiger charge is 2.19. The van der Waals surface area contributed by atoms with Gasteiger partial charge < -0.3 is 11.1 Å². The van der Waals surface area contributed by atoms with Gasteiger partial charge in [0.2, 0.25) is 5.91 Å². The number of carbonyl (C=O) groups excluding carboxylic acids is 1. The predicted molar refractivity (Wildman–Crippen MR) is 84.7 cm³/mol. The molecule has 0 aliphatic heterocycles. The van der Waals surface area contributed by atoms with E-state index < -0.39 is 0 Å². The molecule has 1 amide bonds. The summed E-state index contributed by atoms with van der Waals surface area (Å²) in [5.74, 6) is -0.0192. The molecule has 112 valence electrons. The quantitative estimate of drug-likeness (QED) is 0.871. The van der Waals surface area contributed by atoms with E-state index in [1.807, 2.05) is 31.2 Å². The maximum Gasteiger partial charge on any atom is 0.222 e. The van der Waals surface area contributed by atoms with E-state index in [0.717, 1.165) is 12.0 Å². The first kappa shape index (κ1) is 17.0. The molecule has 2 atom stereocenters. The molecule has 3 nitrogen and oxygen atoms in total. The third-order valence-electron chi connectivity index (χ3n) is 3.05. The Morgan fingerprint density at radius 2 is 2.05 bits per heavy atom. The van der Waals surface area contributed by atoms with Gasteiger partial charge in [-0.2, -0.15) is 0 Å². The highest BCUT2D eigenvalue weighted by atomic mass is 35.5. The summed E-state index contributed by atoms with van der Waals surface area (Å²) in [7, 11) is 0. The number of carbonyl (C=O) groups is 1. The molecule has 0 saturated heterocycles. The van der Waals surface area contributed by atoms with E-state index in [-0.39, 0.29) is 23.4 Å². The van der Waals surface area contributed by atoms with Gasteiger partial charge in [-0.15, -0.1) is 0 Å². The number of rotatable bonds is 5. The summed E-state index contributed by atoms with van der Waals surface area (Å²) in [6.07, 6.45) is 1.17. The van der Waals surface area contributed by atoms with Crippen molar-refractivity contribution in [2.24, 2.45) is 11.1 Å². The molecule has 0 fully saturated rings. The number of nitrogens with two attached hydrogens (primary N) is 1. The van der Waals surface area contributed by atoms with Gasteiger partial charge in [0.05, 0.1) is 6.04 Å².